The molecule has 0 amide bonds. The molecule has 3 rings (SSSR count). The molecule has 0 fully saturated rings. The fourth-order valence-electron chi connectivity index (χ4n) is 2.60. The van der Waals surface area contributed by atoms with Gasteiger partial charge in [-0.2, -0.15) is 4.68 Å². The van der Waals surface area contributed by atoms with Crippen LogP contribution in [0.2, 0.25) is 5.02 Å². The van der Waals surface area contributed by atoms with E-state index in [0.717, 1.165) is 11.3 Å². The number of nitrogens with zero attached hydrogens (tertiary/aromatic N) is 3. The molecule has 1 heterocycles. The second-order valence-electron chi connectivity index (χ2n) is 5.88. The summed E-state index contributed by atoms with van der Waals surface area (Å²) in [5.74, 6) is 0.333. The summed E-state index contributed by atoms with van der Waals surface area (Å²) < 4.78 is 8.31. The number of carbonyl (C=O) groups excluding carboxylic acids is 1. The van der Waals surface area contributed by atoms with Crippen molar-refractivity contribution in [2.24, 2.45) is 0 Å². The van der Waals surface area contributed by atoms with Crippen LogP contribution >= 0.6 is 23.8 Å². The Kier molecular flexibility index (Phi) is 5.48. The Morgan fingerprint density at radius 3 is 2.81 bits per heavy atom. The zero-order chi connectivity index (χ0) is 19.6. The summed E-state index contributed by atoms with van der Waals surface area (Å²) in [5, 5.41) is 4.61. The fourth-order valence-corrected chi connectivity index (χ4v) is 3.01. The van der Waals surface area contributed by atoms with E-state index in [2.05, 4.69) is 10.5 Å². The van der Waals surface area contributed by atoms with E-state index in [1.54, 1.807) is 18.2 Å². The van der Waals surface area contributed by atoms with Gasteiger partial charge < -0.3 is 10.5 Å². The Balaban J connectivity index is 1.88. The van der Waals surface area contributed by atoms with Crippen LogP contribution in [-0.2, 0) is 6.54 Å². The Labute approximate surface area is 166 Å². The highest BCUT2D eigenvalue weighted by atomic mass is 35.5. The minimum atomic E-state index is -0.245. The van der Waals surface area contributed by atoms with Gasteiger partial charge in [-0.3, -0.25) is 10.2 Å². The van der Waals surface area contributed by atoms with Crippen LogP contribution in [0, 0.1) is 11.7 Å². The zero-order valence-corrected chi connectivity index (χ0v) is 16.3. The molecule has 7 nitrogen and oxygen atoms in total. The van der Waals surface area contributed by atoms with Gasteiger partial charge in [0.05, 0.1) is 18.4 Å². The molecule has 9 heteroatoms. The maximum Gasteiger partial charge on any atom is 0.240 e. The van der Waals surface area contributed by atoms with E-state index in [1.807, 2.05) is 31.2 Å². The van der Waals surface area contributed by atoms with Crippen molar-refractivity contribution >= 4 is 41.2 Å². The highest BCUT2D eigenvalue weighted by Crippen LogP contribution is 2.23. The van der Waals surface area contributed by atoms with Gasteiger partial charge in [-0.25, -0.2) is 4.68 Å². The topological polar surface area (TPSA) is 87.1 Å². The Hall–Kier alpha value is -2.84. The molecule has 1 aromatic heterocycles. The van der Waals surface area contributed by atoms with Crippen LogP contribution in [0.3, 0.4) is 0 Å². The monoisotopic (exact) mass is 403 g/mol. The number of nitrogen functional groups attached to an aromatic ring is 1. The number of benzene rings is 2. The van der Waals surface area contributed by atoms with Gasteiger partial charge in [-0.15, -0.1) is 5.10 Å². The summed E-state index contributed by atoms with van der Waals surface area (Å²) in [6, 6.07) is 12.6. The van der Waals surface area contributed by atoms with Gasteiger partial charge in [-0.1, -0.05) is 23.7 Å². The molecular formula is C18H18ClN5O2S. The average molecular weight is 404 g/mol. The number of ketones is 1. The molecule has 2 aromatic carbocycles. The normalized spacial score (nSPS) is 10.6. The van der Waals surface area contributed by atoms with Gasteiger partial charge in [0.15, 0.2) is 5.78 Å². The number of aryl methyl sites for hydroxylation is 1. The lowest BCUT2D eigenvalue weighted by molar-refractivity contribution is 0.0964. The van der Waals surface area contributed by atoms with Crippen molar-refractivity contribution in [3.63, 3.8) is 0 Å². The van der Waals surface area contributed by atoms with Gasteiger partial charge in [0.1, 0.15) is 12.3 Å². The Morgan fingerprint density at radius 1 is 1.33 bits per heavy atom. The first-order valence-corrected chi connectivity index (χ1v) is 8.83. The molecule has 0 aliphatic rings. The summed E-state index contributed by atoms with van der Waals surface area (Å²) in [6.07, 6.45) is 0. The van der Waals surface area contributed by atoms with Crippen molar-refractivity contribution in [2.45, 2.75) is 13.5 Å². The SMILES string of the molecule is COc1ccc(Cl)cc1C(=O)Cn1nc(N)n(Nc2cccc(C)c2)c1=S. The number of aromatic nitrogens is 3. The lowest BCUT2D eigenvalue weighted by atomic mass is 10.1. The van der Waals surface area contributed by atoms with Crippen LogP contribution in [0.15, 0.2) is 42.5 Å². The Morgan fingerprint density at radius 2 is 2.11 bits per heavy atom. The molecule has 0 unspecified atom stereocenters. The van der Waals surface area contributed by atoms with E-state index in [1.165, 1.54) is 16.5 Å². The van der Waals surface area contributed by atoms with E-state index < -0.39 is 0 Å². The van der Waals surface area contributed by atoms with Crippen molar-refractivity contribution in [1.29, 1.82) is 0 Å². The molecule has 0 aliphatic carbocycles. The third kappa shape index (κ3) is 4.12. The number of halogens is 1. The van der Waals surface area contributed by atoms with E-state index in [0.29, 0.717) is 16.3 Å². The number of methoxy groups -OCH3 is 1. The summed E-state index contributed by atoms with van der Waals surface area (Å²) in [5.41, 5.74) is 11.3. The molecule has 0 bridgehead atoms. The number of nitrogens with two attached hydrogens (primary N) is 1. The number of nitrogens with one attached hydrogen (secondary N) is 1. The smallest absolute Gasteiger partial charge is 0.240 e. The summed E-state index contributed by atoms with van der Waals surface area (Å²) in [7, 11) is 1.49. The number of Topliss-reactive ketones (excluding diaryl/α,β-unsaturated/α-hetero) is 1. The zero-order valence-electron chi connectivity index (χ0n) is 14.8. The summed E-state index contributed by atoms with van der Waals surface area (Å²) >= 11 is 11.4. The summed E-state index contributed by atoms with van der Waals surface area (Å²) in [6.45, 7) is 1.89. The number of carbonyl (C=O) groups is 1. The molecule has 0 spiro atoms. The minimum Gasteiger partial charge on any atom is -0.496 e. The third-order valence-electron chi connectivity index (χ3n) is 3.88. The van der Waals surface area contributed by atoms with Crippen LogP contribution in [-0.4, -0.2) is 27.3 Å². The number of hydrogen-bond acceptors (Lipinski definition) is 6. The van der Waals surface area contributed by atoms with E-state index >= 15 is 0 Å². The van der Waals surface area contributed by atoms with E-state index in [4.69, 9.17) is 34.3 Å². The maximum atomic E-state index is 12.7. The number of ether oxygens (including phenoxy) is 1. The fraction of sp³-hybridized carbons (Fsp3) is 0.167. The number of anilines is 2. The standard InChI is InChI=1S/C18H18ClN5O2S/c1-11-4-3-5-13(8-11)21-24-17(20)22-23(18(24)27)10-15(25)14-9-12(19)6-7-16(14)26-2/h3-9,21H,10H2,1-2H3,(H2,20,22). The van der Waals surface area contributed by atoms with Crippen molar-refractivity contribution < 1.29 is 9.53 Å². The largest absolute Gasteiger partial charge is 0.496 e. The van der Waals surface area contributed by atoms with Crippen LogP contribution in [0.1, 0.15) is 15.9 Å². The van der Waals surface area contributed by atoms with E-state index in [9.17, 15) is 4.79 Å². The third-order valence-corrected chi connectivity index (χ3v) is 4.51. The van der Waals surface area contributed by atoms with Gasteiger partial charge in [0.2, 0.25) is 10.7 Å². The lowest BCUT2D eigenvalue weighted by Gasteiger charge is -2.09. The van der Waals surface area contributed by atoms with Crippen molar-refractivity contribution in [2.75, 3.05) is 18.3 Å². The first kappa shape index (κ1) is 18.9. The quantitative estimate of drug-likeness (QED) is 0.481. The first-order valence-electron chi connectivity index (χ1n) is 8.05. The molecule has 140 valence electrons. The molecule has 3 aromatic rings. The molecule has 0 atom stereocenters. The predicted octanol–water partition coefficient (Wildman–Crippen LogP) is 3.72. The molecule has 0 aliphatic heterocycles. The van der Waals surface area contributed by atoms with Crippen LogP contribution < -0.4 is 15.9 Å². The van der Waals surface area contributed by atoms with Crippen LogP contribution in [0.25, 0.3) is 0 Å². The van der Waals surface area contributed by atoms with E-state index in [-0.39, 0.29) is 23.0 Å². The second-order valence-corrected chi connectivity index (χ2v) is 6.68. The summed E-state index contributed by atoms with van der Waals surface area (Å²) in [4.78, 5) is 12.7. The highest BCUT2D eigenvalue weighted by Gasteiger charge is 2.17. The van der Waals surface area contributed by atoms with Crippen LogP contribution in [0.4, 0.5) is 11.6 Å². The highest BCUT2D eigenvalue weighted by molar-refractivity contribution is 7.71. The van der Waals surface area contributed by atoms with Gasteiger partial charge in [-0.05, 0) is 55.0 Å². The molecule has 3 N–H and O–H groups in total. The lowest BCUT2D eigenvalue weighted by Crippen LogP contribution is -2.15. The second kappa shape index (κ2) is 7.81. The predicted molar refractivity (Wildman–Crippen MR) is 108 cm³/mol. The van der Waals surface area contributed by atoms with Crippen molar-refractivity contribution in [3.05, 3.63) is 63.4 Å². The molecular weight excluding hydrogens is 386 g/mol. The Bertz CT molecular complexity index is 1060. The number of rotatable bonds is 6. The van der Waals surface area contributed by atoms with Gasteiger partial charge in [0, 0.05) is 5.02 Å². The van der Waals surface area contributed by atoms with Crippen molar-refractivity contribution in [3.8, 4) is 5.75 Å². The number of hydrogen-bond donors (Lipinski definition) is 2. The molecule has 0 saturated carbocycles. The molecule has 0 saturated heterocycles. The molecule has 27 heavy (non-hydrogen) atoms. The maximum absolute atomic E-state index is 12.7. The minimum absolute atomic E-state index is 0.0950. The van der Waals surface area contributed by atoms with Crippen LogP contribution in [0.5, 0.6) is 5.75 Å². The van der Waals surface area contributed by atoms with Crippen molar-refractivity contribution in [1.82, 2.24) is 14.5 Å². The molecule has 0 radical (unpaired) electrons. The van der Waals surface area contributed by atoms with Gasteiger partial charge in [0.25, 0.3) is 0 Å². The first-order chi connectivity index (χ1) is 12.9. The average Bonchev–Trinajstić information content (AvgIpc) is 2.89. The van der Waals surface area contributed by atoms with Gasteiger partial charge >= 0.3 is 0 Å².